The molecular formula is C11H18O3. The van der Waals surface area contributed by atoms with Crippen LogP contribution in [0.4, 0.5) is 0 Å². The van der Waals surface area contributed by atoms with Crippen LogP contribution in [0.1, 0.15) is 33.1 Å². The summed E-state index contributed by atoms with van der Waals surface area (Å²) in [6.07, 6.45) is 5.11. The van der Waals surface area contributed by atoms with Crippen LogP contribution in [0.3, 0.4) is 0 Å². The van der Waals surface area contributed by atoms with E-state index in [9.17, 15) is 9.59 Å². The van der Waals surface area contributed by atoms with Gasteiger partial charge in [0, 0.05) is 12.0 Å². The molecule has 0 spiro atoms. The van der Waals surface area contributed by atoms with Gasteiger partial charge in [0.15, 0.2) is 0 Å². The Balaban J connectivity index is 3.80. The van der Waals surface area contributed by atoms with E-state index in [4.69, 9.17) is 0 Å². The molecule has 0 bridgehead atoms. The maximum atomic E-state index is 11.0. The highest BCUT2D eigenvalue weighted by Crippen LogP contribution is 2.10. The Labute approximate surface area is 85.1 Å². The van der Waals surface area contributed by atoms with Crippen molar-refractivity contribution in [3.05, 3.63) is 11.6 Å². The van der Waals surface area contributed by atoms with Crippen molar-refractivity contribution < 1.29 is 14.3 Å². The monoisotopic (exact) mass is 198 g/mol. The SMILES string of the molecule is COC(=O)C(C)=CCC[C@H](C)CC=O. The lowest BCUT2D eigenvalue weighted by atomic mass is 10.0. The molecule has 1 atom stereocenters. The quantitative estimate of drug-likeness (QED) is 0.373. The molecule has 0 saturated heterocycles. The molecule has 0 N–H and O–H groups in total. The van der Waals surface area contributed by atoms with Gasteiger partial charge in [0.1, 0.15) is 6.29 Å². The molecule has 0 aromatic heterocycles. The molecule has 0 amide bonds. The molecule has 0 unspecified atom stereocenters. The number of carbonyl (C=O) groups excluding carboxylic acids is 2. The smallest absolute Gasteiger partial charge is 0.333 e. The number of aldehydes is 1. The van der Waals surface area contributed by atoms with Gasteiger partial charge in [-0.1, -0.05) is 13.0 Å². The largest absolute Gasteiger partial charge is 0.466 e. The minimum absolute atomic E-state index is 0.284. The molecular weight excluding hydrogens is 180 g/mol. The highest BCUT2D eigenvalue weighted by Gasteiger charge is 2.03. The van der Waals surface area contributed by atoms with Crippen molar-refractivity contribution >= 4 is 12.3 Å². The summed E-state index contributed by atoms with van der Waals surface area (Å²) in [5.41, 5.74) is 0.630. The summed E-state index contributed by atoms with van der Waals surface area (Å²) in [7, 11) is 1.37. The van der Waals surface area contributed by atoms with E-state index in [1.54, 1.807) is 6.92 Å². The van der Waals surface area contributed by atoms with E-state index >= 15 is 0 Å². The molecule has 0 saturated carbocycles. The first-order valence-electron chi connectivity index (χ1n) is 4.80. The lowest BCUT2D eigenvalue weighted by Gasteiger charge is -2.04. The lowest BCUT2D eigenvalue weighted by molar-refractivity contribution is -0.136. The van der Waals surface area contributed by atoms with E-state index in [1.165, 1.54) is 7.11 Å². The van der Waals surface area contributed by atoms with Gasteiger partial charge < -0.3 is 9.53 Å². The second-order valence-corrected chi connectivity index (χ2v) is 3.46. The fraction of sp³-hybridized carbons (Fsp3) is 0.636. The fourth-order valence-corrected chi connectivity index (χ4v) is 1.11. The standard InChI is InChI=1S/C11H18O3/c1-9(7-8-12)5-4-6-10(2)11(13)14-3/h6,8-9H,4-5,7H2,1-3H3/t9-/m0/s1. The van der Waals surface area contributed by atoms with Gasteiger partial charge in [-0.2, -0.15) is 0 Å². The van der Waals surface area contributed by atoms with Crippen LogP contribution < -0.4 is 0 Å². The first-order valence-corrected chi connectivity index (χ1v) is 4.80. The Hall–Kier alpha value is -1.12. The average molecular weight is 198 g/mol. The number of methoxy groups -OCH3 is 1. The van der Waals surface area contributed by atoms with Crippen LogP contribution in [0.15, 0.2) is 11.6 Å². The number of hydrogen-bond donors (Lipinski definition) is 0. The van der Waals surface area contributed by atoms with Gasteiger partial charge in [0.05, 0.1) is 7.11 Å². The lowest BCUT2D eigenvalue weighted by Crippen LogP contribution is -2.01. The van der Waals surface area contributed by atoms with Crippen LogP contribution in [-0.4, -0.2) is 19.4 Å². The molecule has 14 heavy (non-hydrogen) atoms. The maximum Gasteiger partial charge on any atom is 0.333 e. The predicted octanol–water partition coefficient (Wildman–Crippen LogP) is 2.11. The van der Waals surface area contributed by atoms with Gasteiger partial charge >= 0.3 is 5.97 Å². The summed E-state index contributed by atoms with van der Waals surface area (Å²) in [6.45, 7) is 3.76. The van der Waals surface area contributed by atoms with Crippen molar-refractivity contribution in [2.24, 2.45) is 5.92 Å². The Kier molecular flexibility index (Phi) is 6.72. The molecule has 3 nitrogen and oxygen atoms in total. The third kappa shape index (κ3) is 5.51. The van der Waals surface area contributed by atoms with Crippen molar-refractivity contribution in [2.75, 3.05) is 7.11 Å². The number of hydrogen-bond acceptors (Lipinski definition) is 3. The number of rotatable bonds is 6. The van der Waals surface area contributed by atoms with Gasteiger partial charge in [-0.05, 0) is 25.7 Å². The number of esters is 1. The molecule has 3 heteroatoms. The summed E-state index contributed by atoms with van der Waals surface area (Å²) >= 11 is 0. The summed E-state index contributed by atoms with van der Waals surface area (Å²) in [6, 6.07) is 0. The molecule has 0 aliphatic rings. The molecule has 0 aromatic rings. The normalized spacial score (nSPS) is 13.5. The molecule has 0 aliphatic carbocycles. The summed E-state index contributed by atoms with van der Waals surface area (Å²) < 4.78 is 4.55. The van der Waals surface area contributed by atoms with Crippen molar-refractivity contribution in [3.63, 3.8) is 0 Å². The summed E-state index contributed by atoms with van der Waals surface area (Å²) in [5, 5.41) is 0. The fourth-order valence-electron chi connectivity index (χ4n) is 1.11. The summed E-state index contributed by atoms with van der Waals surface area (Å²) in [5.74, 6) is 0.0993. The van der Waals surface area contributed by atoms with E-state index in [0.29, 0.717) is 17.9 Å². The van der Waals surface area contributed by atoms with Crippen LogP contribution in [0.2, 0.25) is 0 Å². The maximum absolute atomic E-state index is 11.0. The van der Waals surface area contributed by atoms with Crippen LogP contribution in [0.25, 0.3) is 0 Å². The third-order valence-electron chi connectivity index (χ3n) is 2.12. The van der Waals surface area contributed by atoms with Gasteiger partial charge in [0.2, 0.25) is 0 Å². The van der Waals surface area contributed by atoms with Gasteiger partial charge in [-0.25, -0.2) is 4.79 Å². The minimum Gasteiger partial charge on any atom is -0.466 e. The zero-order valence-electron chi connectivity index (χ0n) is 9.08. The first-order chi connectivity index (χ1) is 6.61. The molecule has 0 aromatic carbocycles. The predicted molar refractivity (Wildman–Crippen MR) is 54.9 cm³/mol. The molecule has 0 radical (unpaired) electrons. The van der Waals surface area contributed by atoms with E-state index < -0.39 is 0 Å². The van der Waals surface area contributed by atoms with Crippen LogP contribution in [0.5, 0.6) is 0 Å². The Morgan fingerprint density at radius 2 is 2.14 bits per heavy atom. The Bertz CT molecular complexity index is 219. The van der Waals surface area contributed by atoms with Gasteiger partial charge in [0.25, 0.3) is 0 Å². The zero-order valence-corrected chi connectivity index (χ0v) is 9.08. The second-order valence-electron chi connectivity index (χ2n) is 3.46. The number of carbonyl (C=O) groups is 2. The molecule has 0 rings (SSSR count). The summed E-state index contributed by atoms with van der Waals surface area (Å²) in [4.78, 5) is 21.1. The van der Waals surface area contributed by atoms with Crippen LogP contribution in [0, 0.1) is 5.92 Å². The number of allylic oxidation sites excluding steroid dienone is 1. The van der Waals surface area contributed by atoms with Crippen LogP contribution in [-0.2, 0) is 14.3 Å². The third-order valence-corrected chi connectivity index (χ3v) is 2.12. The van der Waals surface area contributed by atoms with Crippen molar-refractivity contribution in [3.8, 4) is 0 Å². The van der Waals surface area contributed by atoms with Gasteiger partial charge in [-0.3, -0.25) is 0 Å². The number of ether oxygens (including phenoxy) is 1. The van der Waals surface area contributed by atoms with Crippen molar-refractivity contribution in [1.82, 2.24) is 0 Å². The highest BCUT2D eigenvalue weighted by molar-refractivity contribution is 5.87. The highest BCUT2D eigenvalue weighted by atomic mass is 16.5. The van der Waals surface area contributed by atoms with Crippen LogP contribution >= 0.6 is 0 Å². The Morgan fingerprint density at radius 3 is 2.64 bits per heavy atom. The van der Waals surface area contributed by atoms with E-state index in [-0.39, 0.29) is 5.97 Å². The average Bonchev–Trinajstić information content (AvgIpc) is 2.16. The van der Waals surface area contributed by atoms with Gasteiger partial charge in [-0.15, -0.1) is 0 Å². The second kappa shape index (κ2) is 7.30. The van der Waals surface area contributed by atoms with Crippen molar-refractivity contribution in [1.29, 1.82) is 0 Å². The Morgan fingerprint density at radius 1 is 1.50 bits per heavy atom. The molecule has 80 valence electrons. The van der Waals surface area contributed by atoms with Crippen molar-refractivity contribution in [2.45, 2.75) is 33.1 Å². The zero-order chi connectivity index (χ0) is 11.0. The first kappa shape index (κ1) is 12.9. The molecule has 0 heterocycles. The topological polar surface area (TPSA) is 43.4 Å². The molecule has 0 fully saturated rings. The van der Waals surface area contributed by atoms with E-state index in [1.807, 2.05) is 13.0 Å². The molecule has 0 aliphatic heterocycles. The van der Waals surface area contributed by atoms with E-state index in [2.05, 4.69) is 4.74 Å². The minimum atomic E-state index is -0.284. The van der Waals surface area contributed by atoms with E-state index in [0.717, 1.165) is 19.1 Å².